The molecule has 8 atom stereocenters. The van der Waals surface area contributed by atoms with Crippen LogP contribution < -0.4 is 0 Å². The van der Waals surface area contributed by atoms with E-state index >= 15 is 0 Å². The molecule has 5 aliphatic rings. The number of Topliss-reactive ketones (excluding diaryl/α,β-unsaturated/α-hetero) is 1. The first-order valence-electron chi connectivity index (χ1n) is 20.0. The number of esters is 1. The van der Waals surface area contributed by atoms with Crippen LogP contribution in [0.4, 0.5) is 0 Å². The van der Waals surface area contributed by atoms with Gasteiger partial charge in [0.1, 0.15) is 6.10 Å². The molecule has 1 N–H and O–H groups in total. The maximum absolute atomic E-state index is 14.1. The summed E-state index contributed by atoms with van der Waals surface area (Å²) >= 11 is 6.49. The van der Waals surface area contributed by atoms with E-state index in [-0.39, 0.29) is 51.3 Å². The van der Waals surface area contributed by atoms with Crippen molar-refractivity contribution in [1.82, 2.24) is 10.2 Å². The number of benzene rings is 1. The molecule has 1 aromatic carbocycles. The highest BCUT2D eigenvalue weighted by atomic mass is 35.5. The van der Waals surface area contributed by atoms with E-state index in [0.717, 1.165) is 62.5 Å². The topological polar surface area (TPSA) is 120 Å². The van der Waals surface area contributed by atoms with E-state index in [2.05, 4.69) is 58.7 Å². The summed E-state index contributed by atoms with van der Waals surface area (Å²) in [6.07, 6.45) is 8.73. The van der Waals surface area contributed by atoms with Gasteiger partial charge in [0.15, 0.2) is 5.78 Å². The number of ether oxygens (including phenoxy) is 1. The normalized spacial score (nSPS) is 36.4. The van der Waals surface area contributed by atoms with E-state index in [4.69, 9.17) is 20.8 Å². The number of carbonyl (C=O) groups excluding carboxylic acids is 2. The minimum Gasteiger partial charge on any atom is -0.481 e. The standard InChI is InChI=1S/C44H59ClN2O6/c1-25(2)35-29(48)22-44(23-33-46-47-37(53-33)26-12-10-11-13-28(26)45)21-20-42(8)27(36(35)44)14-15-31-41(7)18-17-32(52-34(49)24-39(3,4)38(50)51)40(5,6)30(41)16-19-43(31,42)9/h10-13,25,27,30-32H,14-24H2,1-9H3,(H,50,51)/t27-,30+,31-,32+,41?,42-,43-,44+/m1/s1. The van der Waals surface area contributed by atoms with E-state index in [9.17, 15) is 19.5 Å². The van der Waals surface area contributed by atoms with Gasteiger partial charge in [0.05, 0.1) is 22.4 Å². The van der Waals surface area contributed by atoms with Crippen LogP contribution in [-0.4, -0.2) is 39.1 Å². The highest BCUT2D eigenvalue weighted by molar-refractivity contribution is 6.33. The molecule has 0 saturated heterocycles. The van der Waals surface area contributed by atoms with Gasteiger partial charge in [0, 0.05) is 23.7 Å². The summed E-state index contributed by atoms with van der Waals surface area (Å²) in [5.41, 5.74) is 1.57. The molecule has 0 spiro atoms. The Morgan fingerprint density at radius 2 is 1.68 bits per heavy atom. The average molecular weight is 747 g/mol. The first kappa shape index (κ1) is 38.3. The summed E-state index contributed by atoms with van der Waals surface area (Å²) in [5.74, 6) is 1.17. The van der Waals surface area contributed by atoms with Crippen LogP contribution >= 0.6 is 11.6 Å². The molecule has 2 aromatic rings. The maximum atomic E-state index is 14.1. The van der Waals surface area contributed by atoms with E-state index in [1.165, 1.54) is 5.57 Å². The van der Waals surface area contributed by atoms with Crippen LogP contribution in [0.5, 0.6) is 0 Å². The van der Waals surface area contributed by atoms with Crippen LogP contribution in [0.25, 0.3) is 11.5 Å². The zero-order valence-electron chi connectivity index (χ0n) is 33.2. The maximum Gasteiger partial charge on any atom is 0.309 e. The first-order valence-corrected chi connectivity index (χ1v) is 20.4. The Hall–Kier alpha value is -3.00. The quantitative estimate of drug-likeness (QED) is 0.265. The van der Waals surface area contributed by atoms with Gasteiger partial charge < -0.3 is 14.3 Å². The van der Waals surface area contributed by atoms with Crippen molar-refractivity contribution in [3.63, 3.8) is 0 Å². The monoisotopic (exact) mass is 746 g/mol. The number of allylic oxidation sites excluding steroid dienone is 2. The molecule has 9 heteroatoms. The Morgan fingerprint density at radius 1 is 0.962 bits per heavy atom. The number of fused-ring (bicyclic) bond motifs is 7. The van der Waals surface area contributed by atoms with Gasteiger partial charge in [-0.2, -0.15) is 0 Å². The van der Waals surface area contributed by atoms with Crippen LogP contribution in [0.2, 0.25) is 5.02 Å². The number of aromatic nitrogens is 2. The molecule has 53 heavy (non-hydrogen) atoms. The molecule has 288 valence electrons. The Kier molecular flexibility index (Phi) is 9.23. The predicted molar refractivity (Wildman–Crippen MR) is 204 cm³/mol. The van der Waals surface area contributed by atoms with Gasteiger partial charge in [0.25, 0.3) is 0 Å². The van der Waals surface area contributed by atoms with Gasteiger partial charge >= 0.3 is 11.9 Å². The molecule has 0 amide bonds. The average Bonchev–Trinajstić information content (AvgIpc) is 3.64. The molecular formula is C44H59ClN2O6. The second kappa shape index (κ2) is 12.8. The Labute approximate surface area is 320 Å². The van der Waals surface area contributed by atoms with Gasteiger partial charge in [-0.1, -0.05) is 77.8 Å². The number of rotatable bonds is 8. The second-order valence-corrected chi connectivity index (χ2v) is 20.2. The molecule has 0 bridgehead atoms. The summed E-state index contributed by atoms with van der Waals surface area (Å²) in [7, 11) is 0. The molecule has 1 unspecified atom stereocenters. The number of hydrogen-bond donors (Lipinski definition) is 1. The van der Waals surface area contributed by atoms with Gasteiger partial charge in [-0.15, -0.1) is 10.2 Å². The van der Waals surface area contributed by atoms with Gasteiger partial charge in [-0.25, -0.2) is 0 Å². The summed E-state index contributed by atoms with van der Waals surface area (Å²) in [5, 5.41) is 19.1. The fourth-order valence-corrected chi connectivity index (χ4v) is 13.3. The van der Waals surface area contributed by atoms with Crippen molar-refractivity contribution in [2.45, 2.75) is 139 Å². The highest BCUT2D eigenvalue weighted by Crippen LogP contribution is 2.77. The number of carboxylic acids is 1. The third-order valence-electron chi connectivity index (χ3n) is 16.0. The Morgan fingerprint density at radius 3 is 2.36 bits per heavy atom. The minimum atomic E-state index is -1.16. The van der Waals surface area contributed by atoms with Crippen molar-refractivity contribution in [1.29, 1.82) is 0 Å². The number of carboxylic acid groups (broad SMARTS) is 1. The van der Waals surface area contributed by atoms with Crippen LogP contribution in [0.15, 0.2) is 39.8 Å². The number of halogens is 1. The lowest BCUT2D eigenvalue weighted by Gasteiger charge is -2.72. The van der Waals surface area contributed by atoms with Gasteiger partial charge in [-0.3, -0.25) is 14.4 Å². The number of hydrogen-bond acceptors (Lipinski definition) is 7. The van der Waals surface area contributed by atoms with Gasteiger partial charge in [-0.05, 0) is 123 Å². The number of nitrogens with zero attached hydrogens (tertiary/aromatic N) is 2. The smallest absolute Gasteiger partial charge is 0.309 e. The van der Waals surface area contributed by atoms with Crippen molar-refractivity contribution in [2.24, 2.45) is 56.2 Å². The SMILES string of the molecule is CC(C)C1=C2[C@H]3CC[C@@H]4C5(C)CC[C@H](OC(=O)CC(C)(C)C(=O)O)C(C)(C)[C@@H]5CC[C@@]4(C)[C@]3(C)CC[C@@]2(Cc2nnc(-c3ccccc3Cl)o2)CC1=O. The summed E-state index contributed by atoms with van der Waals surface area (Å²) in [4.78, 5) is 39.0. The summed E-state index contributed by atoms with van der Waals surface area (Å²) in [6.45, 7) is 19.7. The lowest BCUT2D eigenvalue weighted by Crippen LogP contribution is -2.65. The van der Waals surface area contributed by atoms with E-state index in [0.29, 0.717) is 47.4 Å². The van der Waals surface area contributed by atoms with E-state index in [1.54, 1.807) is 13.8 Å². The lowest BCUT2D eigenvalue weighted by atomic mass is 9.33. The van der Waals surface area contributed by atoms with Crippen LogP contribution in [0, 0.1) is 56.2 Å². The van der Waals surface area contributed by atoms with Crippen molar-refractivity contribution >= 4 is 29.3 Å². The molecule has 0 radical (unpaired) electrons. The molecular weight excluding hydrogens is 688 g/mol. The highest BCUT2D eigenvalue weighted by Gasteiger charge is 2.70. The summed E-state index contributed by atoms with van der Waals surface area (Å²) in [6, 6.07) is 7.51. The summed E-state index contributed by atoms with van der Waals surface area (Å²) < 4.78 is 12.5. The molecule has 4 saturated carbocycles. The third kappa shape index (κ3) is 5.77. The number of aliphatic carboxylic acids is 1. The molecule has 1 aromatic heterocycles. The fourth-order valence-electron chi connectivity index (χ4n) is 13.1. The molecule has 8 nitrogen and oxygen atoms in total. The second-order valence-electron chi connectivity index (χ2n) is 19.8. The van der Waals surface area contributed by atoms with Crippen molar-refractivity contribution in [3.05, 3.63) is 46.3 Å². The van der Waals surface area contributed by atoms with Crippen molar-refractivity contribution < 1.29 is 28.6 Å². The van der Waals surface area contributed by atoms with Crippen LogP contribution in [0.3, 0.4) is 0 Å². The van der Waals surface area contributed by atoms with Gasteiger partial charge in [0.2, 0.25) is 11.8 Å². The van der Waals surface area contributed by atoms with E-state index < -0.39 is 17.4 Å². The molecule has 1 heterocycles. The zero-order valence-corrected chi connectivity index (χ0v) is 34.0. The lowest BCUT2D eigenvalue weighted by molar-refractivity contribution is -0.233. The molecule has 7 rings (SSSR count). The Balaban J connectivity index is 1.18. The van der Waals surface area contributed by atoms with E-state index in [1.807, 2.05) is 24.3 Å². The predicted octanol–water partition coefficient (Wildman–Crippen LogP) is 10.3. The molecule has 0 aliphatic heterocycles. The van der Waals surface area contributed by atoms with Crippen molar-refractivity contribution in [3.8, 4) is 11.5 Å². The number of ketones is 1. The largest absolute Gasteiger partial charge is 0.481 e. The Bertz CT molecular complexity index is 1860. The molecule has 5 aliphatic carbocycles. The van der Waals surface area contributed by atoms with Crippen LogP contribution in [0.1, 0.15) is 132 Å². The fraction of sp³-hybridized carbons (Fsp3) is 0.705. The third-order valence-corrected chi connectivity index (χ3v) is 16.3. The molecule has 4 fully saturated rings. The van der Waals surface area contributed by atoms with Crippen LogP contribution in [-0.2, 0) is 25.5 Å². The van der Waals surface area contributed by atoms with Crippen molar-refractivity contribution in [2.75, 3.05) is 0 Å². The minimum absolute atomic E-state index is 0.0148. The number of carbonyl (C=O) groups is 3. The zero-order chi connectivity index (χ0) is 38.5. The first-order chi connectivity index (χ1) is 24.7.